The van der Waals surface area contributed by atoms with E-state index in [9.17, 15) is 40.4 Å². The number of ether oxygens (including phenoxy) is 3. The topological polar surface area (TPSA) is 313 Å². The molecule has 0 atom stereocenters. The van der Waals surface area contributed by atoms with Crippen molar-refractivity contribution in [3.05, 3.63) is 477 Å². The van der Waals surface area contributed by atoms with Crippen LogP contribution in [0, 0.1) is 56.7 Å². The molecule has 3 saturated heterocycles. The van der Waals surface area contributed by atoms with Crippen molar-refractivity contribution in [1.82, 2.24) is 25.1 Å². The Hall–Kier alpha value is -18.2. The van der Waals surface area contributed by atoms with Crippen LogP contribution in [0.3, 0.4) is 0 Å². The number of nitriles is 5. The second-order valence-electron chi connectivity index (χ2n) is 34.1. The number of carbonyl (C=O) groups is 3. The van der Waals surface area contributed by atoms with E-state index in [0.29, 0.717) is 123 Å². The number of carboxylic acids is 1. The number of benzene rings is 15. The smallest absolute Gasteiger partial charge is 0.335 e. The zero-order valence-electron chi connectivity index (χ0n) is 80.2. The van der Waals surface area contributed by atoms with E-state index in [4.69, 9.17) is 39.8 Å². The molecule has 24 heteroatoms. The molecule has 2 amide bonds. The number of piperazine rings is 3. The lowest BCUT2D eigenvalue weighted by molar-refractivity contribution is 0.0694. The number of aromatic hydroxyl groups is 2. The highest BCUT2D eigenvalue weighted by molar-refractivity contribution is 9.10. The molecule has 0 unspecified atom stereocenters. The predicted octanol–water partition coefficient (Wildman–Crippen LogP) is 25.0. The van der Waals surface area contributed by atoms with E-state index in [1.165, 1.54) is 6.07 Å². The van der Waals surface area contributed by atoms with Gasteiger partial charge in [-0.3, -0.25) is 9.59 Å². The molecule has 4 N–H and O–H groups in total. The lowest BCUT2D eigenvalue weighted by Gasteiger charge is -2.36. The third-order valence-corrected chi connectivity index (χ3v) is 25.3. The number of hydrogen-bond acceptors (Lipinski definition) is 19. The summed E-state index contributed by atoms with van der Waals surface area (Å²) in [6.07, 6.45) is 0. The fourth-order valence-corrected chi connectivity index (χ4v) is 17.2. The molecule has 22 nitrogen and oxygen atoms in total. The molecule has 0 spiro atoms. The summed E-state index contributed by atoms with van der Waals surface area (Å²) in [6, 6.07) is 139. The van der Waals surface area contributed by atoms with Gasteiger partial charge in [0.1, 0.15) is 78.9 Å². The number of rotatable bonds is 21. The fraction of sp³-hybridized carbons (Fsp3) is 0.122. The number of hydrogen-bond donors (Lipinski definition) is 4. The van der Waals surface area contributed by atoms with Crippen molar-refractivity contribution < 1.29 is 43.9 Å². The largest absolute Gasteiger partial charge is 0.507 e. The van der Waals surface area contributed by atoms with Crippen molar-refractivity contribution in [2.45, 2.75) is 19.8 Å². The van der Waals surface area contributed by atoms with E-state index >= 15 is 0 Å². The zero-order valence-corrected chi connectivity index (χ0v) is 83.4. The number of anilines is 3. The molecule has 17 aromatic rings. The van der Waals surface area contributed by atoms with Crippen LogP contribution >= 0.6 is 31.9 Å². The molecule has 3 aliphatic heterocycles. The summed E-state index contributed by atoms with van der Waals surface area (Å²) in [5.74, 6) is 0.880. The van der Waals surface area contributed by atoms with Crippen LogP contribution in [0.25, 0.3) is 67.3 Å². The number of phenolic OH excluding ortho intramolecular Hbond substituents is 2. The van der Waals surface area contributed by atoms with Gasteiger partial charge in [0.25, 0.3) is 11.8 Å². The first-order valence-corrected chi connectivity index (χ1v) is 49.2. The summed E-state index contributed by atoms with van der Waals surface area (Å²) >= 11 is 6.50. The van der Waals surface area contributed by atoms with Crippen LogP contribution in [0.2, 0.25) is 0 Å². The fourth-order valence-electron chi connectivity index (χ4n) is 16.5. The Kier molecular flexibility index (Phi) is 36.8. The number of halogens is 2. The minimum atomic E-state index is -0.912. The van der Waals surface area contributed by atoms with Crippen LogP contribution in [0.15, 0.2) is 415 Å². The van der Waals surface area contributed by atoms with Crippen LogP contribution in [0.1, 0.15) is 75.6 Å². The highest BCUT2D eigenvalue weighted by atomic mass is 79.9. The molecule has 3 fully saturated rings. The SMILES string of the molecule is N#Cc1cc(Br)ccc1O.N#Cc1cc(Br)ccc1OCc1ccccc1.N#Cc1cc(N2CCN(C(=O)c3cc(-c4ccccc4)nc(-c4ccccc4)c3)CC2)ccc1O.N#Cc1cc(N2CCN(C(=O)c3cc(-c4ccccc4)nc(-c4ccccc4)c3)CC2)ccc1OCc1ccccc1.N#Cc1cc(N2CCNCC2)ccc1OCc1ccccc1.O=C(O)c1cc(-c2ccccc2)cc(-c2ccccc2)c1. The van der Waals surface area contributed by atoms with Gasteiger partial charge in [0.2, 0.25) is 0 Å². The van der Waals surface area contributed by atoms with Gasteiger partial charge in [-0.1, -0.05) is 305 Å². The van der Waals surface area contributed by atoms with E-state index in [-0.39, 0.29) is 34.4 Å². The van der Waals surface area contributed by atoms with E-state index in [1.54, 1.807) is 54.6 Å². The van der Waals surface area contributed by atoms with Gasteiger partial charge in [-0.25, -0.2) is 14.8 Å². The third-order valence-electron chi connectivity index (χ3n) is 24.3. The Morgan fingerprint density at radius 1 is 0.286 bits per heavy atom. The van der Waals surface area contributed by atoms with Gasteiger partial charge in [0.15, 0.2) is 0 Å². The van der Waals surface area contributed by atoms with Gasteiger partial charge in [-0.05, 0) is 172 Å². The lowest BCUT2D eigenvalue weighted by atomic mass is 9.96. The highest BCUT2D eigenvalue weighted by Gasteiger charge is 2.28. The van der Waals surface area contributed by atoms with Crippen LogP contribution in [-0.4, -0.2) is 131 Å². The van der Waals surface area contributed by atoms with Gasteiger partial charge in [-0.15, -0.1) is 0 Å². The maximum atomic E-state index is 13.8. The number of aromatic nitrogens is 2. The van der Waals surface area contributed by atoms with Crippen molar-refractivity contribution in [3.8, 4) is 126 Å². The second-order valence-corrected chi connectivity index (χ2v) is 35.9. The summed E-state index contributed by atoms with van der Waals surface area (Å²) < 4.78 is 19.0. The Morgan fingerprint density at radius 3 is 0.871 bits per heavy atom. The lowest BCUT2D eigenvalue weighted by Crippen LogP contribution is -2.48. The second kappa shape index (κ2) is 52.5. The molecule has 15 aromatic carbocycles. The summed E-state index contributed by atoms with van der Waals surface area (Å²) in [5, 5.41) is 77.2. The van der Waals surface area contributed by atoms with Crippen molar-refractivity contribution in [2.75, 3.05) is 93.2 Å². The Labute approximate surface area is 871 Å². The Bertz CT molecular complexity index is 7380. The molecule has 147 heavy (non-hydrogen) atoms. The monoisotopic (exact) mass is 2060 g/mol. The van der Waals surface area contributed by atoms with E-state index in [2.05, 4.69) is 70.1 Å². The number of nitrogens with zero attached hydrogens (tertiary/aromatic N) is 12. The molecule has 3 aliphatic rings. The highest BCUT2D eigenvalue weighted by Crippen LogP contribution is 2.36. The summed E-state index contributed by atoms with van der Waals surface area (Å²) in [6.45, 7) is 10.2. The molecule has 0 aliphatic carbocycles. The maximum Gasteiger partial charge on any atom is 0.335 e. The van der Waals surface area contributed by atoms with Crippen molar-refractivity contribution in [3.63, 3.8) is 0 Å². The number of amides is 2. The molecular formula is C123H101Br2N13O9. The first-order chi connectivity index (χ1) is 71.9. The van der Waals surface area contributed by atoms with Gasteiger partial charge in [0, 0.05) is 138 Å². The quantitative estimate of drug-likeness (QED) is 0.0519. The number of aromatic carboxylic acids is 1. The Balaban J connectivity index is 0.000000139. The molecule has 0 radical (unpaired) electrons. The molecule has 0 saturated carbocycles. The van der Waals surface area contributed by atoms with Gasteiger partial charge in [0.05, 0.1) is 56.2 Å². The zero-order chi connectivity index (χ0) is 102. The molecule has 5 heterocycles. The normalized spacial score (nSPS) is 12.2. The number of nitrogens with one attached hydrogen (secondary N) is 1. The molecular weight excluding hydrogens is 1960 g/mol. The van der Waals surface area contributed by atoms with Gasteiger partial charge in [-0.2, -0.15) is 26.3 Å². The van der Waals surface area contributed by atoms with Crippen LogP contribution in [0.5, 0.6) is 28.7 Å². The molecule has 0 bridgehead atoms. The number of carbonyl (C=O) groups excluding carboxylic acids is 2. The number of phenols is 2. The van der Waals surface area contributed by atoms with Crippen molar-refractivity contribution in [2.24, 2.45) is 0 Å². The minimum Gasteiger partial charge on any atom is -0.507 e. The van der Waals surface area contributed by atoms with Gasteiger partial charge < -0.3 is 59.3 Å². The molecule has 726 valence electrons. The minimum absolute atomic E-state index is 0.00575. The van der Waals surface area contributed by atoms with E-state index < -0.39 is 5.97 Å². The summed E-state index contributed by atoms with van der Waals surface area (Å²) in [7, 11) is 0. The summed E-state index contributed by atoms with van der Waals surface area (Å²) in [5.41, 5.74) is 20.6. The maximum absolute atomic E-state index is 13.8. The average Bonchev–Trinajstić information content (AvgIpc) is 0.798. The van der Waals surface area contributed by atoms with Crippen molar-refractivity contribution >= 4 is 66.7 Å². The van der Waals surface area contributed by atoms with Gasteiger partial charge >= 0.3 is 5.97 Å². The first kappa shape index (κ1) is 103. The molecule has 2 aromatic heterocycles. The van der Waals surface area contributed by atoms with E-state index in [1.807, 2.05) is 368 Å². The first-order valence-electron chi connectivity index (χ1n) is 47.6. The van der Waals surface area contributed by atoms with Crippen molar-refractivity contribution in [1.29, 1.82) is 26.3 Å². The Morgan fingerprint density at radius 2 is 0.551 bits per heavy atom. The average molecular weight is 2070 g/mol. The van der Waals surface area contributed by atoms with Crippen LogP contribution in [0.4, 0.5) is 17.1 Å². The number of pyridine rings is 2. The van der Waals surface area contributed by atoms with E-state index in [0.717, 1.165) is 136 Å². The predicted molar refractivity (Wildman–Crippen MR) is 583 cm³/mol. The van der Waals surface area contributed by atoms with Crippen LogP contribution in [-0.2, 0) is 19.8 Å². The third kappa shape index (κ3) is 29.1. The summed E-state index contributed by atoms with van der Waals surface area (Å²) in [4.78, 5) is 58.8. The van der Waals surface area contributed by atoms with Crippen LogP contribution < -0.4 is 34.2 Å². The number of carboxylic acid groups (broad SMARTS) is 1. The standard InChI is InChI=1S/C36H30N4O2.C29H24N4O2.C19H14O2.C18H19N3O.C14H10BrNO.C7H4BrNO/c37-25-31-22-32(16-17-35(31)42-26-27-10-4-1-5-11-27)39-18-20-40(21-19-39)36(41)30-23-33(28-12-6-2-7-13-28)38-34(24-30)29-14-8-3-9-15-29;30-20-24-17-25(11-12-28(24)34)32-13-15-33(16-14-32)29(35)23-18-26(21-7-3-1-4-8-21)31-27(19-23)22-9-5-2-6-10-22;20-19(21)18-12-16(14-7-3-1-4-8-14)11-17(13-18)15-9-5-2-6-10-15;19-13-16-12-17(21-10-8-20-9-11-21)6-7-18(16)22-14-15-4-2-1-3-5-15;15-13-6-7-14(12(8-13)9-16)17-10-11-4-2-1-3-5-11;8-6-1-2-7(10)5(3-6)4-9/h1-17,22-24H,18-21,26H2;1-12,17-19,34H,13-16H2;1-13H,(H,20,21);1-7,12,20H,8-11,14H2;1-8H,10H2;1-3,10H. The molecule has 20 rings (SSSR count).